The summed E-state index contributed by atoms with van der Waals surface area (Å²) < 4.78 is 10.7. The van der Waals surface area contributed by atoms with Crippen LogP contribution >= 0.6 is 0 Å². The van der Waals surface area contributed by atoms with E-state index in [1.165, 1.54) is 6.08 Å². The Kier molecular flexibility index (Phi) is 5.60. The summed E-state index contributed by atoms with van der Waals surface area (Å²) in [4.78, 5) is 22.7. The predicted molar refractivity (Wildman–Crippen MR) is 99.5 cm³/mol. The molecule has 3 aromatic heterocycles. The highest BCUT2D eigenvalue weighted by Gasteiger charge is 2.07. The third kappa shape index (κ3) is 4.25. The fraction of sp³-hybridized carbons (Fsp3) is 0.211. The molecule has 0 aliphatic rings. The van der Waals surface area contributed by atoms with Crippen molar-refractivity contribution in [1.82, 2.24) is 15.0 Å². The van der Waals surface area contributed by atoms with Gasteiger partial charge in [-0.3, -0.25) is 4.79 Å². The van der Waals surface area contributed by atoms with Gasteiger partial charge in [-0.15, -0.1) is 0 Å². The van der Waals surface area contributed by atoms with Crippen LogP contribution in [0.2, 0.25) is 0 Å². The van der Waals surface area contributed by atoms with E-state index in [9.17, 15) is 4.79 Å². The average Bonchev–Trinajstić information content (AvgIpc) is 3.06. The second-order valence-corrected chi connectivity index (χ2v) is 5.53. The Morgan fingerprint density at radius 3 is 2.81 bits per heavy atom. The number of hydrogen-bond acceptors (Lipinski definition) is 5. The molecule has 0 saturated carbocycles. The van der Waals surface area contributed by atoms with Gasteiger partial charge in [-0.05, 0) is 25.1 Å². The first-order valence-electron chi connectivity index (χ1n) is 8.29. The van der Waals surface area contributed by atoms with E-state index < -0.39 is 5.91 Å². The molecule has 7 nitrogen and oxygen atoms in total. The molecular weight excluding hydrogens is 332 g/mol. The Labute approximate surface area is 150 Å². The average molecular weight is 352 g/mol. The summed E-state index contributed by atoms with van der Waals surface area (Å²) in [5.74, 6) is 0.0572. The third-order valence-electron chi connectivity index (χ3n) is 3.74. The van der Waals surface area contributed by atoms with Crippen LogP contribution < -0.4 is 10.5 Å². The Hall–Kier alpha value is -3.19. The van der Waals surface area contributed by atoms with Gasteiger partial charge in [-0.2, -0.15) is 0 Å². The zero-order valence-electron chi connectivity index (χ0n) is 14.4. The molecule has 0 saturated heterocycles. The standard InChI is InChI=1S/C19H20N4O3/c1-2-25-7-8-26-18-6-4-13(10-21-18)15-9-16-14(3-5-17(20)24)11-22-19(16)23-12-15/h3-6,9-12H,2,7-8H2,1H3,(H2,20,24)(H,22,23)/b5-3+. The van der Waals surface area contributed by atoms with Crippen molar-refractivity contribution in [1.29, 1.82) is 0 Å². The molecule has 0 atom stereocenters. The molecule has 7 heteroatoms. The zero-order valence-corrected chi connectivity index (χ0v) is 14.4. The molecule has 0 aliphatic heterocycles. The molecule has 1 amide bonds. The zero-order chi connectivity index (χ0) is 18.4. The van der Waals surface area contributed by atoms with Crippen molar-refractivity contribution in [2.45, 2.75) is 6.92 Å². The molecule has 0 unspecified atom stereocenters. The lowest BCUT2D eigenvalue weighted by molar-refractivity contribution is -0.113. The predicted octanol–water partition coefficient (Wildman–Crippen LogP) is 2.54. The number of nitrogens with one attached hydrogen (secondary N) is 1. The molecule has 3 N–H and O–H groups in total. The van der Waals surface area contributed by atoms with Gasteiger partial charge in [0.15, 0.2) is 0 Å². The van der Waals surface area contributed by atoms with E-state index in [1.807, 2.05) is 25.1 Å². The minimum Gasteiger partial charge on any atom is -0.475 e. The SMILES string of the molecule is CCOCCOc1ccc(-c2cnc3[nH]cc(/C=C/C(N)=O)c3c2)cn1. The highest BCUT2D eigenvalue weighted by atomic mass is 16.5. The summed E-state index contributed by atoms with van der Waals surface area (Å²) in [5, 5.41) is 0.900. The number of amides is 1. The lowest BCUT2D eigenvalue weighted by atomic mass is 10.1. The first-order chi connectivity index (χ1) is 12.7. The van der Waals surface area contributed by atoms with Crippen molar-refractivity contribution in [2.75, 3.05) is 19.8 Å². The summed E-state index contributed by atoms with van der Waals surface area (Å²) in [6.07, 6.45) is 8.29. The van der Waals surface area contributed by atoms with E-state index in [0.29, 0.717) is 25.7 Å². The maximum atomic E-state index is 10.9. The first kappa shape index (κ1) is 17.6. The molecule has 0 bridgehead atoms. The number of pyridine rings is 2. The maximum Gasteiger partial charge on any atom is 0.241 e. The van der Waals surface area contributed by atoms with E-state index in [2.05, 4.69) is 15.0 Å². The van der Waals surface area contributed by atoms with Crippen LogP contribution in [-0.2, 0) is 9.53 Å². The van der Waals surface area contributed by atoms with Crippen LogP contribution in [0.3, 0.4) is 0 Å². The van der Waals surface area contributed by atoms with E-state index in [-0.39, 0.29) is 0 Å². The first-order valence-corrected chi connectivity index (χ1v) is 8.29. The topological polar surface area (TPSA) is 103 Å². The van der Waals surface area contributed by atoms with Crippen molar-refractivity contribution < 1.29 is 14.3 Å². The van der Waals surface area contributed by atoms with Gasteiger partial charge < -0.3 is 20.2 Å². The summed E-state index contributed by atoms with van der Waals surface area (Å²) >= 11 is 0. The summed E-state index contributed by atoms with van der Waals surface area (Å²) in [7, 11) is 0. The maximum absolute atomic E-state index is 10.9. The molecule has 134 valence electrons. The Bertz CT molecular complexity index is 916. The Morgan fingerprint density at radius 2 is 2.08 bits per heavy atom. The number of nitrogens with zero attached hydrogens (tertiary/aromatic N) is 2. The third-order valence-corrected chi connectivity index (χ3v) is 3.74. The lowest BCUT2D eigenvalue weighted by Gasteiger charge is -2.06. The van der Waals surface area contributed by atoms with Crippen LogP contribution in [0.4, 0.5) is 0 Å². The number of aromatic amines is 1. The van der Waals surface area contributed by atoms with E-state index >= 15 is 0 Å². The number of ether oxygens (including phenoxy) is 2. The number of aromatic nitrogens is 3. The molecule has 0 radical (unpaired) electrons. The van der Waals surface area contributed by atoms with Gasteiger partial charge in [-0.25, -0.2) is 9.97 Å². The van der Waals surface area contributed by atoms with Crippen LogP contribution in [0.1, 0.15) is 12.5 Å². The van der Waals surface area contributed by atoms with Crippen LogP contribution in [0.25, 0.3) is 28.2 Å². The minimum absolute atomic E-state index is 0.465. The van der Waals surface area contributed by atoms with Gasteiger partial charge in [0.2, 0.25) is 11.8 Å². The van der Waals surface area contributed by atoms with Crippen LogP contribution in [0.15, 0.2) is 42.9 Å². The monoisotopic (exact) mass is 352 g/mol. The summed E-state index contributed by atoms with van der Waals surface area (Å²) in [6, 6.07) is 5.74. The molecule has 0 aliphatic carbocycles. The van der Waals surface area contributed by atoms with Gasteiger partial charge in [0.1, 0.15) is 12.3 Å². The van der Waals surface area contributed by atoms with Gasteiger partial charge >= 0.3 is 0 Å². The Balaban J connectivity index is 1.79. The van der Waals surface area contributed by atoms with Crippen molar-refractivity contribution in [3.8, 4) is 17.0 Å². The number of nitrogens with two attached hydrogens (primary N) is 1. The lowest BCUT2D eigenvalue weighted by Crippen LogP contribution is -2.06. The molecule has 0 aromatic carbocycles. The second kappa shape index (κ2) is 8.26. The van der Waals surface area contributed by atoms with Gasteiger partial charge in [0.25, 0.3) is 0 Å². The summed E-state index contributed by atoms with van der Waals surface area (Å²) in [6.45, 7) is 3.61. The van der Waals surface area contributed by atoms with Gasteiger partial charge in [-0.1, -0.05) is 0 Å². The molecule has 3 aromatic rings. The van der Waals surface area contributed by atoms with Crippen LogP contribution in [0.5, 0.6) is 5.88 Å². The van der Waals surface area contributed by atoms with Gasteiger partial charge in [0, 0.05) is 59.4 Å². The fourth-order valence-corrected chi connectivity index (χ4v) is 2.48. The Morgan fingerprint density at radius 1 is 1.23 bits per heavy atom. The van der Waals surface area contributed by atoms with E-state index in [4.69, 9.17) is 15.2 Å². The fourth-order valence-electron chi connectivity index (χ4n) is 2.48. The number of rotatable bonds is 8. The number of fused-ring (bicyclic) bond motifs is 1. The normalized spacial score (nSPS) is 11.3. The highest BCUT2D eigenvalue weighted by molar-refractivity contribution is 5.95. The molecule has 3 rings (SSSR count). The number of carbonyl (C=O) groups is 1. The number of primary amides is 1. The van der Waals surface area contributed by atoms with Crippen LogP contribution in [0, 0.1) is 0 Å². The number of carbonyl (C=O) groups excluding carboxylic acids is 1. The minimum atomic E-state index is -0.493. The molecule has 26 heavy (non-hydrogen) atoms. The largest absolute Gasteiger partial charge is 0.475 e. The second-order valence-electron chi connectivity index (χ2n) is 5.53. The number of H-pyrrole nitrogens is 1. The van der Waals surface area contributed by atoms with Crippen molar-refractivity contribution in [3.05, 3.63) is 48.4 Å². The van der Waals surface area contributed by atoms with Gasteiger partial charge in [0.05, 0.1) is 6.61 Å². The van der Waals surface area contributed by atoms with Crippen LogP contribution in [-0.4, -0.2) is 40.7 Å². The van der Waals surface area contributed by atoms with Crippen molar-refractivity contribution >= 4 is 23.0 Å². The van der Waals surface area contributed by atoms with E-state index in [1.54, 1.807) is 24.7 Å². The molecule has 3 heterocycles. The molecular formula is C19H20N4O3. The van der Waals surface area contributed by atoms with Crippen molar-refractivity contribution in [2.24, 2.45) is 5.73 Å². The molecule has 0 fully saturated rings. The number of hydrogen-bond donors (Lipinski definition) is 2. The quantitative estimate of drug-likeness (QED) is 0.479. The van der Waals surface area contributed by atoms with E-state index in [0.717, 1.165) is 27.7 Å². The smallest absolute Gasteiger partial charge is 0.241 e. The summed E-state index contributed by atoms with van der Waals surface area (Å²) in [5.41, 5.74) is 8.58. The highest BCUT2D eigenvalue weighted by Crippen LogP contribution is 2.25. The van der Waals surface area contributed by atoms with Crippen molar-refractivity contribution in [3.63, 3.8) is 0 Å². The molecule has 0 spiro atoms.